The van der Waals surface area contributed by atoms with Gasteiger partial charge in [0.1, 0.15) is 0 Å². The Morgan fingerprint density at radius 1 is 0.529 bits per heavy atom. The van der Waals surface area contributed by atoms with Crippen molar-refractivity contribution in [3.05, 3.63) is 108 Å². The maximum Gasteiger partial charge on any atom is 0.0666 e. The summed E-state index contributed by atoms with van der Waals surface area (Å²) in [5.41, 5.74) is 7.61. The molecule has 2 aromatic carbocycles. The van der Waals surface area contributed by atoms with Crippen molar-refractivity contribution in [1.29, 1.82) is 0 Å². The highest BCUT2D eigenvalue weighted by atomic mass is 31.1. The van der Waals surface area contributed by atoms with Crippen molar-refractivity contribution >= 4 is 38.1 Å². The average molecular weight is 485 g/mol. The Labute approximate surface area is 205 Å². The van der Waals surface area contributed by atoms with E-state index in [0.717, 1.165) is 25.1 Å². The summed E-state index contributed by atoms with van der Waals surface area (Å²) in [7, 11) is -1.02. The lowest BCUT2D eigenvalue weighted by atomic mass is 10.2. The number of aryl methyl sites for hydroxylation is 2. The van der Waals surface area contributed by atoms with Crippen LogP contribution in [0.5, 0.6) is 0 Å². The summed E-state index contributed by atoms with van der Waals surface area (Å²) < 4.78 is 0. The first-order chi connectivity index (χ1) is 16.7. The van der Waals surface area contributed by atoms with E-state index in [9.17, 15) is 0 Å². The molecular weight excluding hydrogens is 454 g/mol. The van der Waals surface area contributed by atoms with E-state index in [1.807, 2.05) is 24.5 Å². The van der Waals surface area contributed by atoms with Gasteiger partial charge in [-0.2, -0.15) is 0 Å². The maximum absolute atomic E-state index is 4.80. The third-order valence-corrected chi connectivity index (χ3v) is 10.7. The molecule has 0 radical (unpaired) electrons. The van der Waals surface area contributed by atoms with Crippen molar-refractivity contribution in [3.8, 4) is 0 Å². The number of rotatable bonds is 4. The Kier molecular flexibility index (Phi) is 7.19. The molecular formula is C28H30N4P2. The van der Waals surface area contributed by atoms with E-state index in [2.05, 4.69) is 96.4 Å². The first-order valence-electron chi connectivity index (χ1n) is 11.6. The molecule has 0 aliphatic carbocycles. The first-order valence-corrected chi connectivity index (χ1v) is 15.0. The molecule has 0 atom stereocenters. The molecule has 0 saturated carbocycles. The van der Waals surface area contributed by atoms with E-state index in [1.165, 1.54) is 33.4 Å². The monoisotopic (exact) mass is 484 g/mol. The zero-order valence-corrected chi connectivity index (χ0v) is 21.5. The maximum atomic E-state index is 4.80. The van der Waals surface area contributed by atoms with Gasteiger partial charge in [-0.1, -0.05) is 47.5 Å². The third kappa shape index (κ3) is 5.46. The van der Waals surface area contributed by atoms with Crippen LogP contribution in [-0.2, 0) is 0 Å². The highest BCUT2D eigenvalue weighted by Crippen LogP contribution is 2.47. The fourth-order valence-electron chi connectivity index (χ4n) is 4.21. The van der Waals surface area contributed by atoms with Crippen molar-refractivity contribution < 1.29 is 0 Å². The number of anilines is 2. The summed E-state index contributed by atoms with van der Waals surface area (Å²) >= 11 is 0. The van der Waals surface area contributed by atoms with Crippen LogP contribution in [0, 0.1) is 13.8 Å². The molecule has 4 aromatic rings. The van der Waals surface area contributed by atoms with Crippen LogP contribution >= 0.6 is 15.8 Å². The number of nitrogens with zero attached hydrogens (tertiary/aromatic N) is 4. The first kappa shape index (κ1) is 23.0. The van der Waals surface area contributed by atoms with E-state index in [4.69, 9.17) is 9.97 Å². The lowest BCUT2D eigenvalue weighted by Gasteiger charge is -2.40. The van der Waals surface area contributed by atoms with Crippen molar-refractivity contribution in [1.82, 2.24) is 9.97 Å². The fraction of sp³-hybridized carbons (Fsp3) is 0.214. The minimum Gasteiger partial charge on any atom is -0.362 e. The van der Waals surface area contributed by atoms with Gasteiger partial charge in [-0.15, -0.1) is 0 Å². The summed E-state index contributed by atoms with van der Waals surface area (Å²) in [5, 5.41) is 0. The van der Waals surface area contributed by atoms with Crippen LogP contribution in [0.1, 0.15) is 11.1 Å². The molecule has 0 N–H and O–H groups in total. The van der Waals surface area contributed by atoms with Gasteiger partial charge in [-0.25, -0.2) is 0 Å². The standard InChI is InChI=1S/C28H30N4P2/c1-23-9-13-25(14-10-23)31-19-33(27-7-3-5-17-29-27)21-32(26-15-11-24(2)12-16-26)22-34(20-31)28-8-4-6-18-30-28/h3-18H,19-22H2,1-2H3. The second-order valence-corrected chi connectivity index (χ2v) is 13.0. The van der Waals surface area contributed by atoms with Crippen LogP contribution in [0.25, 0.3) is 0 Å². The Hall–Kier alpha value is -2.80. The molecule has 0 amide bonds. The molecule has 0 spiro atoms. The Morgan fingerprint density at radius 3 is 1.24 bits per heavy atom. The molecule has 1 fully saturated rings. The third-order valence-electron chi connectivity index (χ3n) is 6.11. The van der Waals surface area contributed by atoms with Crippen LogP contribution in [0.4, 0.5) is 11.4 Å². The molecule has 6 heteroatoms. The predicted octanol–water partition coefficient (Wildman–Crippen LogP) is 5.86. The molecule has 3 heterocycles. The summed E-state index contributed by atoms with van der Waals surface area (Å²) in [6.45, 7) is 4.30. The van der Waals surface area contributed by atoms with E-state index < -0.39 is 15.8 Å². The van der Waals surface area contributed by atoms with Gasteiger partial charge in [0, 0.05) is 48.9 Å². The molecule has 0 bridgehead atoms. The Bertz CT molecular complexity index is 1080. The normalized spacial score (nSPS) is 18.9. The highest BCUT2D eigenvalue weighted by molar-refractivity contribution is 7.67. The van der Waals surface area contributed by atoms with Crippen LogP contribution in [0.3, 0.4) is 0 Å². The van der Waals surface area contributed by atoms with Crippen molar-refractivity contribution in [2.24, 2.45) is 0 Å². The molecule has 172 valence electrons. The molecule has 4 nitrogen and oxygen atoms in total. The van der Waals surface area contributed by atoms with Crippen LogP contribution in [0.2, 0.25) is 0 Å². The number of hydrogen-bond acceptors (Lipinski definition) is 4. The second-order valence-electron chi connectivity index (χ2n) is 8.77. The summed E-state index contributed by atoms with van der Waals surface area (Å²) in [4.78, 5) is 14.8. The summed E-state index contributed by atoms with van der Waals surface area (Å²) in [5.74, 6) is 0. The van der Waals surface area contributed by atoms with E-state index in [1.54, 1.807) is 0 Å². The summed E-state index contributed by atoms with van der Waals surface area (Å²) in [6.07, 6.45) is 7.83. The van der Waals surface area contributed by atoms with E-state index in [0.29, 0.717) is 0 Å². The zero-order chi connectivity index (χ0) is 23.3. The molecule has 1 aliphatic heterocycles. The molecule has 1 aliphatic rings. The van der Waals surface area contributed by atoms with Crippen LogP contribution in [0.15, 0.2) is 97.3 Å². The van der Waals surface area contributed by atoms with Gasteiger partial charge in [-0.05, 0) is 78.2 Å². The van der Waals surface area contributed by atoms with Crippen LogP contribution in [-0.4, -0.2) is 35.1 Å². The van der Waals surface area contributed by atoms with E-state index >= 15 is 0 Å². The van der Waals surface area contributed by atoms with Gasteiger partial charge < -0.3 is 9.80 Å². The minimum absolute atomic E-state index is 0.509. The van der Waals surface area contributed by atoms with Crippen molar-refractivity contribution in [3.63, 3.8) is 0 Å². The smallest absolute Gasteiger partial charge is 0.0666 e. The Morgan fingerprint density at radius 2 is 0.912 bits per heavy atom. The molecule has 5 rings (SSSR count). The van der Waals surface area contributed by atoms with Gasteiger partial charge in [0.05, 0.1) is 10.9 Å². The van der Waals surface area contributed by atoms with Gasteiger partial charge in [-0.3, -0.25) is 9.97 Å². The van der Waals surface area contributed by atoms with Crippen molar-refractivity contribution in [2.75, 3.05) is 34.9 Å². The lowest BCUT2D eigenvalue weighted by Crippen LogP contribution is -2.38. The Balaban J connectivity index is 1.55. The quantitative estimate of drug-likeness (QED) is 0.340. The zero-order valence-electron chi connectivity index (χ0n) is 19.7. The largest absolute Gasteiger partial charge is 0.362 e. The minimum atomic E-state index is -0.509. The fourth-order valence-corrected chi connectivity index (χ4v) is 9.04. The number of pyridine rings is 2. The predicted molar refractivity (Wildman–Crippen MR) is 148 cm³/mol. The number of benzene rings is 2. The molecule has 34 heavy (non-hydrogen) atoms. The number of hydrogen-bond donors (Lipinski definition) is 0. The van der Waals surface area contributed by atoms with Gasteiger partial charge in [0.25, 0.3) is 0 Å². The van der Waals surface area contributed by atoms with Crippen LogP contribution < -0.4 is 20.7 Å². The van der Waals surface area contributed by atoms with Gasteiger partial charge in [0.2, 0.25) is 0 Å². The van der Waals surface area contributed by atoms with Crippen molar-refractivity contribution in [2.45, 2.75) is 13.8 Å². The van der Waals surface area contributed by atoms with E-state index in [-0.39, 0.29) is 0 Å². The topological polar surface area (TPSA) is 32.3 Å². The molecule has 1 saturated heterocycles. The average Bonchev–Trinajstić information content (AvgIpc) is 2.87. The highest BCUT2D eigenvalue weighted by Gasteiger charge is 2.29. The number of aromatic nitrogens is 2. The SMILES string of the molecule is Cc1ccc(N2CP(c3ccccn3)CN(c3ccc(C)cc3)CP(c3ccccn3)C2)cc1. The summed E-state index contributed by atoms with van der Waals surface area (Å²) in [6, 6.07) is 30.6. The second kappa shape index (κ2) is 10.6. The van der Waals surface area contributed by atoms with Gasteiger partial charge >= 0.3 is 0 Å². The molecule has 2 aromatic heterocycles. The lowest BCUT2D eigenvalue weighted by molar-refractivity contribution is 0.981. The molecule has 0 unspecified atom stereocenters. The van der Waals surface area contributed by atoms with Gasteiger partial charge in [0.15, 0.2) is 0 Å².